The zero-order valence-electron chi connectivity index (χ0n) is 24.0. The molecular weight excluding hydrogens is 503 g/mol. The fourth-order valence-electron chi connectivity index (χ4n) is 5.45. The molecule has 210 valence electrons. The smallest absolute Gasteiger partial charge is 0.253 e. The third-order valence-corrected chi connectivity index (χ3v) is 7.82. The first-order valence-corrected chi connectivity index (χ1v) is 14.6. The number of aromatic nitrogens is 4. The molecule has 2 aromatic heterocycles. The van der Waals surface area contributed by atoms with Gasteiger partial charge in [-0.15, -0.1) is 0 Å². The molecule has 4 aromatic rings. The van der Waals surface area contributed by atoms with Gasteiger partial charge in [-0.3, -0.25) is 4.79 Å². The van der Waals surface area contributed by atoms with E-state index in [0.29, 0.717) is 26.2 Å². The molecule has 1 atom stereocenters. The minimum absolute atomic E-state index is 0.0760. The average molecular weight is 543 g/mol. The third-order valence-electron chi connectivity index (χ3n) is 7.82. The maximum atomic E-state index is 13.7. The Balaban J connectivity index is 1.42. The molecule has 2 aromatic carbocycles. The van der Waals surface area contributed by atoms with Crippen molar-refractivity contribution in [3.05, 3.63) is 77.0 Å². The lowest BCUT2D eigenvalue weighted by molar-refractivity contribution is 0.0746. The van der Waals surface area contributed by atoms with Crippen LogP contribution in [0, 0.1) is 12.7 Å². The van der Waals surface area contributed by atoms with Crippen LogP contribution < -0.4 is 4.90 Å². The first-order valence-electron chi connectivity index (χ1n) is 14.6. The van der Waals surface area contributed by atoms with Gasteiger partial charge in [-0.1, -0.05) is 45.7 Å². The summed E-state index contributed by atoms with van der Waals surface area (Å²) in [5, 5.41) is 5.70. The summed E-state index contributed by atoms with van der Waals surface area (Å²) in [5.41, 5.74) is 4.33. The van der Waals surface area contributed by atoms with Gasteiger partial charge in [0, 0.05) is 37.7 Å². The molecule has 0 N–H and O–H groups in total. The van der Waals surface area contributed by atoms with Crippen LogP contribution in [-0.2, 0) is 6.42 Å². The lowest BCUT2D eigenvalue weighted by Crippen LogP contribution is -2.49. The quantitative estimate of drug-likeness (QED) is 0.242. The van der Waals surface area contributed by atoms with Crippen LogP contribution in [0.15, 0.2) is 48.5 Å². The molecule has 3 heterocycles. The maximum absolute atomic E-state index is 13.7. The average Bonchev–Trinajstić information content (AvgIpc) is 3.32. The Bertz CT molecular complexity index is 1460. The fraction of sp³-hybridized carbons (Fsp3) is 0.438. The summed E-state index contributed by atoms with van der Waals surface area (Å²) in [4.78, 5) is 27.5. The van der Waals surface area contributed by atoms with Gasteiger partial charge in [0.15, 0.2) is 5.65 Å². The Labute approximate surface area is 236 Å². The van der Waals surface area contributed by atoms with E-state index >= 15 is 0 Å². The molecule has 1 saturated heterocycles. The molecule has 0 radical (unpaired) electrons. The van der Waals surface area contributed by atoms with Gasteiger partial charge < -0.3 is 9.80 Å². The molecule has 40 heavy (non-hydrogen) atoms. The van der Waals surface area contributed by atoms with Crippen molar-refractivity contribution in [3.63, 3.8) is 0 Å². The molecule has 0 spiro atoms. The third kappa shape index (κ3) is 5.71. The van der Waals surface area contributed by atoms with Crippen molar-refractivity contribution in [2.75, 3.05) is 31.1 Å². The van der Waals surface area contributed by atoms with Crippen LogP contribution in [-0.4, -0.2) is 56.7 Å². The molecule has 8 heteroatoms. The van der Waals surface area contributed by atoms with Crippen molar-refractivity contribution < 1.29 is 9.18 Å². The molecule has 5 rings (SSSR count). The van der Waals surface area contributed by atoms with Crippen LogP contribution in [0.5, 0.6) is 0 Å². The number of hydrogen-bond acceptors (Lipinski definition) is 5. The largest absolute Gasteiger partial charge is 0.352 e. The highest BCUT2D eigenvalue weighted by Gasteiger charge is 2.27. The van der Waals surface area contributed by atoms with E-state index in [1.807, 2.05) is 24.0 Å². The summed E-state index contributed by atoms with van der Waals surface area (Å²) in [6, 6.07) is 14.4. The van der Waals surface area contributed by atoms with E-state index in [2.05, 4.69) is 37.8 Å². The van der Waals surface area contributed by atoms with Crippen LogP contribution in [0.1, 0.15) is 79.8 Å². The van der Waals surface area contributed by atoms with Crippen molar-refractivity contribution in [2.45, 2.75) is 65.7 Å². The number of aryl methyl sites for hydroxylation is 2. The van der Waals surface area contributed by atoms with E-state index in [1.165, 1.54) is 17.7 Å². The number of carbonyl (C=O) groups excluding carboxylic acids is 1. The number of anilines is 1. The Morgan fingerprint density at radius 1 is 0.950 bits per heavy atom. The normalized spacial score (nSPS) is 14.6. The molecule has 1 amide bonds. The number of carbonyl (C=O) groups is 1. The van der Waals surface area contributed by atoms with E-state index in [4.69, 9.17) is 15.1 Å². The summed E-state index contributed by atoms with van der Waals surface area (Å²) < 4.78 is 15.4. The molecule has 1 aliphatic heterocycles. The zero-order valence-corrected chi connectivity index (χ0v) is 24.0. The topological polar surface area (TPSA) is 67.2 Å². The predicted octanol–water partition coefficient (Wildman–Crippen LogP) is 6.47. The van der Waals surface area contributed by atoms with E-state index in [1.54, 1.807) is 16.8 Å². The van der Waals surface area contributed by atoms with Gasteiger partial charge in [-0.2, -0.15) is 5.10 Å². The van der Waals surface area contributed by atoms with Crippen LogP contribution in [0.3, 0.4) is 0 Å². The minimum Gasteiger partial charge on any atom is -0.352 e. The molecule has 0 bridgehead atoms. The van der Waals surface area contributed by atoms with Gasteiger partial charge in [-0.25, -0.2) is 19.0 Å². The molecule has 1 unspecified atom stereocenters. The first-order chi connectivity index (χ1) is 19.4. The highest BCUT2D eigenvalue weighted by atomic mass is 19.1. The number of unbranched alkanes of at least 4 members (excludes halogenated alkanes) is 1. The summed E-state index contributed by atoms with van der Waals surface area (Å²) in [7, 11) is 0. The molecule has 0 saturated carbocycles. The van der Waals surface area contributed by atoms with Gasteiger partial charge in [-0.05, 0) is 68.1 Å². The Hall–Kier alpha value is -3.81. The number of fused-ring (bicyclic) bond motifs is 1. The van der Waals surface area contributed by atoms with Gasteiger partial charge in [0.25, 0.3) is 5.91 Å². The van der Waals surface area contributed by atoms with E-state index in [9.17, 15) is 9.18 Å². The van der Waals surface area contributed by atoms with Crippen LogP contribution >= 0.6 is 0 Å². The minimum atomic E-state index is -0.288. The Morgan fingerprint density at radius 3 is 2.30 bits per heavy atom. The van der Waals surface area contributed by atoms with Gasteiger partial charge in [0.05, 0.1) is 16.8 Å². The van der Waals surface area contributed by atoms with Gasteiger partial charge in [0.2, 0.25) is 0 Å². The van der Waals surface area contributed by atoms with Crippen molar-refractivity contribution in [1.82, 2.24) is 24.6 Å². The number of amides is 1. The SMILES string of the molecule is CCCCc1ccc(C(=O)N2CCN(c3nc(C(C)CCC)nc4c3c(C)nn4-c3ccc(F)cc3)CC2)cc1. The van der Waals surface area contributed by atoms with Crippen molar-refractivity contribution in [1.29, 1.82) is 0 Å². The monoisotopic (exact) mass is 542 g/mol. The summed E-state index contributed by atoms with van der Waals surface area (Å²) in [6.45, 7) is 11.1. The maximum Gasteiger partial charge on any atom is 0.253 e. The highest BCUT2D eigenvalue weighted by molar-refractivity contribution is 5.95. The van der Waals surface area contributed by atoms with Crippen LogP contribution in [0.25, 0.3) is 16.7 Å². The van der Waals surface area contributed by atoms with Crippen LogP contribution in [0.4, 0.5) is 10.2 Å². The summed E-state index contributed by atoms with van der Waals surface area (Å²) in [6.07, 6.45) is 5.39. The number of hydrogen-bond donors (Lipinski definition) is 0. The molecule has 7 nitrogen and oxygen atoms in total. The Kier molecular flexibility index (Phi) is 8.43. The van der Waals surface area contributed by atoms with Crippen LogP contribution in [0.2, 0.25) is 0 Å². The lowest BCUT2D eigenvalue weighted by atomic mass is 10.1. The van der Waals surface area contributed by atoms with Crippen molar-refractivity contribution in [2.24, 2.45) is 0 Å². The standard InChI is InChI=1S/C32H39FN6O/c1-5-7-9-24-10-12-25(13-11-24)32(40)38-20-18-37(19-21-38)30-28-23(4)36-39(27-16-14-26(33)15-17-27)31(28)35-29(34-30)22(3)8-6-2/h10-17,22H,5-9,18-21H2,1-4H3. The second-order valence-electron chi connectivity index (χ2n) is 10.8. The molecule has 0 aliphatic carbocycles. The molecule has 1 aliphatic rings. The second kappa shape index (κ2) is 12.1. The van der Waals surface area contributed by atoms with Crippen molar-refractivity contribution in [3.8, 4) is 5.69 Å². The number of nitrogens with zero attached hydrogens (tertiary/aromatic N) is 6. The molecule has 1 fully saturated rings. The van der Waals surface area contributed by atoms with E-state index in [0.717, 1.165) is 71.7 Å². The van der Waals surface area contributed by atoms with Crippen molar-refractivity contribution >= 4 is 22.8 Å². The summed E-state index contributed by atoms with van der Waals surface area (Å²) >= 11 is 0. The predicted molar refractivity (Wildman–Crippen MR) is 158 cm³/mol. The highest BCUT2D eigenvalue weighted by Crippen LogP contribution is 2.32. The Morgan fingerprint density at radius 2 is 1.65 bits per heavy atom. The molecular formula is C32H39FN6O. The number of rotatable bonds is 9. The second-order valence-corrected chi connectivity index (χ2v) is 10.8. The number of piperazine rings is 1. The number of halogens is 1. The summed E-state index contributed by atoms with van der Waals surface area (Å²) in [5.74, 6) is 1.63. The number of benzene rings is 2. The van der Waals surface area contributed by atoms with Gasteiger partial charge >= 0.3 is 0 Å². The first kappa shape index (κ1) is 27.7. The lowest BCUT2D eigenvalue weighted by Gasteiger charge is -2.36. The van der Waals surface area contributed by atoms with Gasteiger partial charge in [0.1, 0.15) is 17.5 Å². The van der Waals surface area contributed by atoms with E-state index in [-0.39, 0.29) is 17.6 Å². The fourth-order valence-corrected chi connectivity index (χ4v) is 5.45. The zero-order chi connectivity index (χ0) is 28.2. The van der Waals surface area contributed by atoms with E-state index < -0.39 is 0 Å².